The molecule has 5 heteroatoms. The predicted octanol–water partition coefficient (Wildman–Crippen LogP) is 1.85. The molecule has 0 heterocycles. The summed E-state index contributed by atoms with van der Waals surface area (Å²) in [6.07, 6.45) is 2.84. The Morgan fingerprint density at radius 1 is 1.43 bits per heavy atom. The molecule has 1 amide bonds. The Kier molecular flexibility index (Phi) is 5.20. The molecule has 0 saturated heterocycles. The number of amides is 1. The molecular weight excluding hydrogens is 266 g/mol. The molecule has 114 valence electrons. The van der Waals surface area contributed by atoms with Gasteiger partial charge in [0, 0.05) is 13.1 Å². The van der Waals surface area contributed by atoms with E-state index in [1.54, 1.807) is 0 Å². The lowest BCUT2D eigenvalue weighted by atomic mass is 9.96. The zero-order chi connectivity index (χ0) is 15.2. The molecule has 1 aliphatic rings. The fourth-order valence-corrected chi connectivity index (χ4v) is 2.45. The number of amidine groups is 1. The molecule has 1 saturated carbocycles. The van der Waals surface area contributed by atoms with E-state index in [1.165, 1.54) is 12.8 Å². The highest BCUT2D eigenvalue weighted by atomic mass is 16.4. The number of carbonyl (C=O) groups is 1. The van der Waals surface area contributed by atoms with Crippen LogP contribution in [0.5, 0.6) is 0 Å². The molecule has 0 aromatic heterocycles. The SMILES string of the molecule is CCN(CC1CC1)C(=O)C(Cc1ccccc1)C(N)=NO. The van der Waals surface area contributed by atoms with Gasteiger partial charge in [-0.1, -0.05) is 35.5 Å². The number of oxime groups is 1. The number of benzene rings is 1. The first-order chi connectivity index (χ1) is 10.2. The van der Waals surface area contributed by atoms with Gasteiger partial charge in [-0.05, 0) is 37.7 Å². The van der Waals surface area contributed by atoms with Gasteiger partial charge in [0.05, 0.1) is 0 Å². The number of hydrogen-bond donors (Lipinski definition) is 2. The first-order valence-corrected chi connectivity index (χ1v) is 7.45. The normalized spacial score (nSPS) is 16.5. The van der Waals surface area contributed by atoms with Gasteiger partial charge in [-0.2, -0.15) is 0 Å². The molecule has 2 rings (SSSR count). The molecule has 21 heavy (non-hydrogen) atoms. The fourth-order valence-electron chi connectivity index (χ4n) is 2.45. The van der Waals surface area contributed by atoms with Crippen LogP contribution in [0.1, 0.15) is 25.3 Å². The van der Waals surface area contributed by atoms with Crippen LogP contribution < -0.4 is 5.73 Å². The van der Waals surface area contributed by atoms with Crippen molar-refractivity contribution in [3.63, 3.8) is 0 Å². The van der Waals surface area contributed by atoms with E-state index < -0.39 is 5.92 Å². The lowest BCUT2D eigenvalue weighted by Gasteiger charge is -2.25. The van der Waals surface area contributed by atoms with Crippen molar-refractivity contribution in [2.24, 2.45) is 22.7 Å². The molecule has 0 spiro atoms. The summed E-state index contributed by atoms with van der Waals surface area (Å²) in [6.45, 7) is 3.39. The van der Waals surface area contributed by atoms with Crippen LogP contribution in [0.15, 0.2) is 35.5 Å². The van der Waals surface area contributed by atoms with Gasteiger partial charge in [0.1, 0.15) is 5.92 Å². The molecule has 1 aliphatic carbocycles. The first-order valence-electron chi connectivity index (χ1n) is 7.45. The van der Waals surface area contributed by atoms with Gasteiger partial charge in [0.25, 0.3) is 0 Å². The number of hydrogen-bond acceptors (Lipinski definition) is 3. The van der Waals surface area contributed by atoms with E-state index >= 15 is 0 Å². The van der Waals surface area contributed by atoms with Crippen molar-refractivity contribution in [3.8, 4) is 0 Å². The minimum Gasteiger partial charge on any atom is -0.409 e. The minimum atomic E-state index is -0.601. The standard InChI is InChI=1S/C16H23N3O2/c1-2-19(11-13-8-9-13)16(20)14(15(17)18-21)10-12-6-4-3-5-7-12/h3-7,13-14,21H,2,8-11H2,1H3,(H2,17,18). The van der Waals surface area contributed by atoms with E-state index in [0.29, 0.717) is 18.9 Å². The second-order valence-corrected chi connectivity index (χ2v) is 5.59. The van der Waals surface area contributed by atoms with Gasteiger partial charge < -0.3 is 15.8 Å². The second-order valence-electron chi connectivity index (χ2n) is 5.59. The van der Waals surface area contributed by atoms with Gasteiger partial charge >= 0.3 is 0 Å². The van der Waals surface area contributed by atoms with Crippen molar-refractivity contribution < 1.29 is 10.0 Å². The number of nitrogens with zero attached hydrogens (tertiary/aromatic N) is 2. The van der Waals surface area contributed by atoms with Gasteiger partial charge in [0.2, 0.25) is 5.91 Å². The molecule has 0 aliphatic heterocycles. The molecule has 1 unspecified atom stereocenters. The van der Waals surface area contributed by atoms with E-state index in [9.17, 15) is 4.79 Å². The Hall–Kier alpha value is -2.04. The minimum absolute atomic E-state index is 0.0156. The topological polar surface area (TPSA) is 78.9 Å². The Labute approximate surface area is 125 Å². The molecule has 1 fully saturated rings. The average molecular weight is 289 g/mol. The van der Waals surface area contributed by atoms with Gasteiger partial charge in [0.15, 0.2) is 5.84 Å². The van der Waals surface area contributed by atoms with Gasteiger partial charge in [-0.3, -0.25) is 4.79 Å². The largest absolute Gasteiger partial charge is 0.409 e. The summed E-state index contributed by atoms with van der Waals surface area (Å²) in [4.78, 5) is 14.5. The van der Waals surface area contributed by atoms with E-state index in [0.717, 1.165) is 12.1 Å². The van der Waals surface area contributed by atoms with E-state index in [2.05, 4.69) is 5.16 Å². The van der Waals surface area contributed by atoms with E-state index in [-0.39, 0.29) is 11.7 Å². The maximum Gasteiger partial charge on any atom is 0.233 e. The van der Waals surface area contributed by atoms with Crippen molar-refractivity contribution in [3.05, 3.63) is 35.9 Å². The highest BCUT2D eigenvalue weighted by molar-refractivity contribution is 6.02. The molecule has 0 radical (unpaired) electrons. The zero-order valence-electron chi connectivity index (χ0n) is 12.4. The molecule has 1 atom stereocenters. The highest BCUT2D eigenvalue weighted by Gasteiger charge is 2.31. The first kappa shape index (κ1) is 15.4. The van der Waals surface area contributed by atoms with E-state index in [1.807, 2.05) is 42.2 Å². The molecule has 0 bridgehead atoms. The Morgan fingerprint density at radius 3 is 2.62 bits per heavy atom. The lowest BCUT2D eigenvalue weighted by molar-refractivity contribution is -0.133. The van der Waals surface area contributed by atoms with Crippen LogP contribution in [0.25, 0.3) is 0 Å². The third-order valence-corrected chi connectivity index (χ3v) is 3.92. The predicted molar refractivity (Wildman–Crippen MR) is 82.0 cm³/mol. The van der Waals surface area contributed by atoms with Crippen molar-refractivity contribution >= 4 is 11.7 Å². The third-order valence-electron chi connectivity index (χ3n) is 3.92. The summed E-state index contributed by atoms with van der Waals surface area (Å²) >= 11 is 0. The fraction of sp³-hybridized carbons (Fsp3) is 0.500. The van der Waals surface area contributed by atoms with Crippen LogP contribution in [0.4, 0.5) is 0 Å². The van der Waals surface area contributed by atoms with Crippen LogP contribution in [0, 0.1) is 11.8 Å². The second kappa shape index (κ2) is 7.11. The Morgan fingerprint density at radius 2 is 2.10 bits per heavy atom. The average Bonchev–Trinajstić information content (AvgIpc) is 3.34. The number of nitrogens with two attached hydrogens (primary N) is 1. The quantitative estimate of drug-likeness (QED) is 0.348. The van der Waals surface area contributed by atoms with E-state index in [4.69, 9.17) is 10.9 Å². The summed E-state index contributed by atoms with van der Waals surface area (Å²) in [5, 5.41) is 12.0. The van der Waals surface area contributed by atoms with Crippen molar-refractivity contribution in [1.82, 2.24) is 4.90 Å². The zero-order valence-corrected chi connectivity index (χ0v) is 12.4. The summed E-state index contributed by atoms with van der Waals surface area (Å²) in [7, 11) is 0. The maximum atomic E-state index is 12.7. The van der Waals surface area contributed by atoms with Crippen LogP contribution in [-0.4, -0.2) is 34.9 Å². The smallest absolute Gasteiger partial charge is 0.233 e. The third kappa shape index (κ3) is 4.21. The van der Waals surface area contributed by atoms with Crippen LogP contribution in [0.3, 0.4) is 0 Å². The molecular formula is C16H23N3O2. The van der Waals surface area contributed by atoms with Crippen molar-refractivity contribution in [2.75, 3.05) is 13.1 Å². The van der Waals surface area contributed by atoms with Crippen LogP contribution in [-0.2, 0) is 11.2 Å². The van der Waals surface area contributed by atoms with Gasteiger partial charge in [-0.25, -0.2) is 0 Å². The number of carbonyl (C=O) groups excluding carboxylic acids is 1. The summed E-state index contributed by atoms with van der Waals surface area (Å²) in [5.41, 5.74) is 6.76. The Balaban J connectivity index is 2.12. The van der Waals surface area contributed by atoms with Crippen molar-refractivity contribution in [1.29, 1.82) is 0 Å². The van der Waals surface area contributed by atoms with Crippen LogP contribution >= 0.6 is 0 Å². The summed E-state index contributed by atoms with van der Waals surface area (Å²) in [5.74, 6) is -0.0451. The molecule has 1 aromatic rings. The molecule has 3 N–H and O–H groups in total. The number of rotatable bonds is 7. The highest BCUT2D eigenvalue weighted by Crippen LogP contribution is 2.30. The maximum absolute atomic E-state index is 12.7. The summed E-state index contributed by atoms with van der Waals surface area (Å²) < 4.78 is 0. The monoisotopic (exact) mass is 289 g/mol. The lowest BCUT2D eigenvalue weighted by Crippen LogP contribution is -2.43. The summed E-state index contributed by atoms with van der Waals surface area (Å²) in [6, 6.07) is 9.66. The molecule has 5 nitrogen and oxygen atoms in total. The van der Waals surface area contributed by atoms with Gasteiger partial charge in [-0.15, -0.1) is 0 Å². The Bertz CT molecular complexity index is 498. The van der Waals surface area contributed by atoms with Crippen LogP contribution in [0.2, 0.25) is 0 Å². The van der Waals surface area contributed by atoms with Crippen molar-refractivity contribution in [2.45, 2.75) is 26.2 Å². The molecule has 1 aromatic carbocycles.